The van der Waals surface area contributed by atoms with E-state index in [0.717, 1.165) is 6.26 Å². The normalized spacial score (nSPS) is 23.2. The molecule has 7 nitrogen and oxygen atoms in total. The number of sulfone groups is 1. The highest BCUT2D eigenvalue weighted by atomic mass is 35.5. The van der Waals surface area contributed by atoms with E-state index < -0.39 is 27.6 Å². The molecule has 4 N–H and O–H groups in total. The van der Waals surface area contributed by atoms with E-state index in [-0.39, 0.29) is 11.4 Å². The van der Waals surface area contributed by atoms with E-state index >= 15 is 0 Å². The second-order valence-electron chi connectivity index (χ2n) is 6.12. The number of rotatable bonds is 4. The number of carbonyl (C=O) groups excluding carboxylic acids is 1. The van der Waals surface area contributed by atoms with Crippen LogP contribution in [0.15, 0.2) is 53.4 Å². The van der Waals surface area contributed by atoms with Crippen LogP contribution in [0.25, 0.3) is 0 Å². The third-order valence-electron chi connectivity index (χ3n) is 4.33. The number of aliphatic hydroxyl groups excluding tert-OH is 1. The number of nitrogens with one attached hydrogen (secondary N) is 1. The van der Waals surface area contributed by atoms with Crippen molar-refractivity contribution in [1.29, 1.82) is 0 Å². The Labute approximate surface area is 156 Å². The molecule has 1 aliphatic heterocycles. The minimum atomic E-state index is -3.38. The molecule has 0 aliphatic carbocycles. The third-order valence-corrected chi connectivity index (χ3v) is 5.71. The molecule has 1 saturated heterocycles. The molecule has 2 unspecified atom stereocenters. The van der Waals surface area contributed by atoms with Crippen molar-refractivity contribution >= 4 is 33.0 Å². The standard InChI is InChI=1S/C17H18ClN3O4S/c1-26(24,25)14-8-2-11(3-9-14)17(16(19)23)20-15(22)10-21(17)13-6-4-12(18)5-7-13/h2-9,15,20,22H,10H2,1H3,(H2,19,23). The van der Waals surface area contributed by atoms with Gasteiger partial charge in [0, 0.05) is 22.5 Å². The van der Waals surface area contributed by atoms with Gasteiger partial charge in [0.25, 0.3) is 5.91 Å². The number of aliphatic hydroxyl groups is 1. The summed E-state index contributed by atoms with van der Waals surface area (Å²) < 4.78 is 23.4. The van der Waals surface area contributed by atoms with Crippen LogP contribution in [0.1, 0.15) is 5.56 Å². The summed E-state index contributed by atoms with van der Waals surface area (Å²) >= 11 is 5.93. The zero-order valence-electron chi connectivity index (χ0n) is 13.9. The molecule has 0 saturated carbocycles. The van der Waals surface area contributed by atoms with Crippen LogP contribution in [0.4, 0.5) is 5.69 Å². The summed E-state index contributed by atoms with van der Waals surface area (Å²) in [5.41, 5.74) is 5.23. The van der Waals surface area contributed by atoms with Gasteiger partial charge < -0.3 is 15.7 Å². The van der Waals surface area contributed by atoms with Gasteiger partial charge >= 0.3 is 0 Å². The summed E-state index contributed by atoms with van der Waals surface area (Å²) in [5, 5.41) is 13.5. The zero-order valence-corrected chi connectivity index (χ0v) is 15.5. The van der Waals surface area contributed by atoms with Crippen molar-refractivity contribution in [3.63, 3.8) is 0 Å². The number of nitrogens with zero attached hydrogens (tertiary/aromatic N) is 1. The molecular weight excluding hydrogens is 378 g/mol. The van der Waals surface area contributed by atoms with Crippen LogP contribution < -0.4 is 16.0 Å². The minimum Gasteiger partial charge on any atom is -0.377 e. The van der Waals surface area contributed by atoms with E-state index in [1.54, 1.807) is 29.2 Å². The van der Waals surface area contributed by atoms with Gasteiger partial charge in [0.05, 0.1) is 11.4 Å². The van der Waals surface area contributed by atoms with Crippen molar-refractivity contribution in [3.05, 3.63) is 59.1 Å². The van der Waals surface area contributed by atoms with Crippen LogP contribution in [0.3, 0.4) is 0 Å². The van der Waals surface area contributed by atoms with Gasteiger partial charge in [-0.2, -0.15) is 0 Å². The Morgan fingerprint density at radius 3 is 2.31 bits per heavy atom. The topological polar surface area (TPSA) is 113 Å². The summed E-state index contributed by atoms with van der Waals surface area (Å²) in [4.78, 5) is 14.2. The van der Waals surface area contributed by atoms with Crippen molar-refractivity contribution in [2.45, 2.75) is 16.8 Å². The quantitative estimate of drug-likeness (QED) is 0.706. The number of nitrogens with two attached hydrogens (primary N) is 1. The van der Waals surface area contributed by atoms with E-state index in [4.69, 9.17) is 17.3 Å². The Balaban J connectivity index is 2.13. The zero-order chi connectivity index (χ0) is 19.1. The van der Waals surface area contributed by atoms with E-state index in [9.17, 15) is 18.3 Å². The molecule has 0 aromatic heterocycles. The molecule has 1 aliphatic rings. The van der Waals surface area contributed by atoms with Crippen LogP contribution in [-0.4, -0.2) is 38.5 Å². The van der Waals surface area contributed by atoms with E-state index in [1.807, 2.05) is 0 Å². The van der Waals surface area contributed by atoms with Gasteiger partial charge in [0.15, 0.2) is 9.84 Å². The predicted octanol–water partition coefficient (Wildman–Crippen LogP) is 0.810. The summed E-state index contributed by atoms with van der Waals surface area (Å²) in [6.07, 6.45) is 0.0939. The molecule has 2 aromatic rings. The highest BCUT2D eigenvalue weighted by Crippen LogP contribution is 2.36. The lowest BCUT2D eigenvalue weighted by Crippen LogP contribution is -2.58. The average Bonchev–Trinajstić information content (AvgIpc) is 2.93. The summed E-state index contributed by atoms with van der Waals surface area (Å²) in [7, 11) is -3.38. The maximum Gasteiger partial charge on any atom is 0.263 e. The molecule has 9 heteroatoms. The molecule has 1 amide bonds. The van der Waals surface area contributed by atoms with E-state index in [1.165, 1.54) is 24.3 Å². The molecule has 1 heterocycles. The van der Waals surface area contributed by atoms with Gasteiger partial charge in [0.2, 0.25) is 5.66 Å². The number of β-amino-alcohol motifs (C(OH)–C–C–N with tert-alkyl or cyclic N) is 1. The van der Waals surface area contributed by atoms with Gasteiger partial charge in [-0.1, -0.05) is 23.7 Å². The van der Waals surface area contributed by atoms with Gasteiger partial charge in [0.1, 0.15) is 6.23 Å². The molecule has 0 bridgehead atoms. The van der Waals surface area contributed by atoms with E-state index in [2.05, 4.69) is 5.32 Å². The molecule has 0 radical (unpaired) electrons. The fourth-order valence-electron chi connectivity index (χ4n) is 3.12. The second-order valence-corrected chi connectivity index (χ2v) is 8.57. The van der Waals surface area contributed by atoms with Crippen LogP contribution in [-0.2, 0) is 20.3 Å². The van der Waals surface area contributed by atoms with Gasteiger partial charge in [-0.15, -0.1) is 0 Å². The smallest absolute Gasteiger partial charge is 0.263 e. The highest BCUT2D eigenvalue weighted by Gasteiger charge is 2.51. The molecule has 2 aromatic carbocycles. The molecule has 1 fully saturated rings. The van der Waals surface area contributed by atoms with Crippen molar-refractivity contribution < 1.29 is 18.3 Å². The molecule has 2 atom stereocenters. The van der Waals surface area contributed by atoms with Crippen molar-refractivity contribution in [2.75, 3.05) is 17.7 Å². The summed E-state index contributed by atoms with van der Waals surface area (Å²) in [5.74, 6) is -0.726. The number of hydrogen-bond acceptors (Lipinski definition) is 6. The highest BCUT2D eigenvalue weighted by molar-refractivity contribution is 7.90. The first-order valence-corrected chi connectivity index (χ1v) is 10.0. The monoisotopic (exact) mass is 395 g/mol. The van der Waals surface area contributed by atoms with E-state index in [0.29, 0.717) is 16.3 Å². The Morgan fingerprint density at radius 2 is 1.81 bits per heavy atom. The number of carbonyl (C=O) groups is 1. The number of amides is 1. The first-order valence-electron chi connectivity index (χ1n) is 7.74. The fraction of sp³-hybridized carbons (Fsp3) is 0.235. The Morgan fingerprint density at radius 1 is 1.23 bits per heavy atom. The Bertz CT molecular complexity index is 931. The number of primary amides is 1. The van der Waals surface area contributed by atoms with Crippen LogP contribution >= 0.6 is 11.6 Å². The third kappa shape index (κ3) is 3.16. The SMILES string of the molecule is CS(=O)(=O)c1ccc(C2(C(N)=O)NC(O)CN2c2ccc(Cl)cc2)cc1. The summed E-state index contributed by atoms with van der Waals surface area (Å²) in [6.45, 7) is 0.110. The van der Waals surface area contributed by atoms with Crippen LogP contribution in [0.2, 0.25) is 5.02 Å². The molecule has 26 heavy (non-hydrogen) atoms. The maximum atomic E-state index is 12.5. The lowest BCUT2D eigenvalue weighted by atomic mass is 9.97. The van der Waals surface area contributed by atoms with Gasteiger partial charge in [-0.25, -0.2) is 8.42 Å². The van der Waals surface area contributed by atoms with Crippen LogP contribution in [0, 0.1) is 0 Å². The number of halogens is 1. The molecule has 138 valence electrons. The molecule has 0 spiro atoms. The lowest BCUT2D eigenvalue weighted by Gasteiger charge is -2.37. The van der Waals surface area contributed by atoms with Crippen molar-refractivity contribution in [3.8, 4) is 0 Å². The largest absolute Gasteiger partial charge is 0.377 e. The van der Waals surface area contributed by atoms with Crippen molar-refractivity contribution in [2.24, 2.45) is 5.73 Å². The molecular formula is C17H18ClN3O4S. The first kappa shape index (κ1) is 18.7. The van der Waals surface area contributed by atoms with Crippen LogP contribution in [0.5, 0.6) is 0 Å². The van der Waals surface area contributed by atoms with Crippen molar-refractivity contribution in [1.82, 2.24) is 5.32 Å². The fourth-order valence-corrected chi connectivity index (χ4v) is 3.88. The van der Waals surface area contributed by atoms with Gasteiger partial charge in [-0.05, 0) is 36.4 Å². The lowest BCUT2D eigenvalue weighted by molar-refractivity contribution is -0.124. The average molecular weight is 396 g/mol. The Hall–Kier alpha value is -2.13. The second kappa shape index (κ2) is 6.55. The molecule has 3 rings (SSSR count). The van der Waals surface area contributed by atoms with Gasteiger partial charge in [-0.3, -0.25) is 10.1 Å². The number of benzene rings is 2. The summed E-state index contributed by atoms with van der Waals surface area (Å²) in [6, 6.07) is 12.6. The Kier molecular flexibility index (Phi) is 4.70. The minimum absolute atomic E-state index is 0.110. The first-order chi connectivity index (χ1) is 12.1. The predicted molar refractivity (Wildman–Crippen MR) is 98.4 cm³/mol. The number of anilines is 1. The maximum absolute atomic E-state index is 12.5. The number of hydrogen-bond donors (Lipinski definition) is 3.